The van der Waals surface area contributed by atoms with Gasteiger partial charge in [0.1, 0.15) is 6.10 Å². The van der Waals surface area contributed by atoms with Crippen LogP contribution in [0.1, 0.15) is 83.8 Å². The van der Waals surface area contributed by atoms with E-state index in [1.54, 1.807) is 0 Å². The van der Waals surface area contributed by atoms with Gasteiger partial charge >= 0.3 is 6.09 Å². The van der Waals surface area contributed by atoms with E-state index in [0.29, 0.717) is 12.8 Å². The second-order valence-corrected chi connectivity index (χ2v) is 9.42. The maximum Gasteiger partial charge on any atom is 0.417 e. The average molecular weight is 516 g/mol. The summed E-state index contributed by atoms with van der Waals surface area (Å²) in [6.45, 7) is 6.02. The van der Waals surface area contributed by atoms with Gasteiger partial charge in [-0.3, -0.25) is 4.79 Å². The van der Waals surface area contributed by atoms with E-state index in [1.165, 1.54) is 4.90 Å². The first-order valence-electron chi connectivity index (χ1n) is 14.1. The second kappa shape index (κ2) is 18.8. The van der Waals surface area contributed by atoms with Crippen LogP contribution in [-0.2, 0) is 9.53 Å². The van der Waals surface area contributed by atoms with E-state index in [0.717, 1.165) is 44.1 Å². The highest BCUT2D eigenvalue weighted by Gasteiger charge is 2.44. The molecule has 1 aliphatic rings. The molecule has 1 aromatic carbocycles. The zero-order valence-corrected chi connectivity index (χ0v) is 23.4. The number of ether oxygens (including phenoxy) is 1. The molecule has 38 heavy (non-hydrogen) atoms. The maximum absolute atomic E-state index is 13.1. The number of carbonyl (C=O) groups excluding carboxylic acids is 2. The Morgan fingerprint density at radius 3 is 1.74 bits per heavy atom. The summed E-state index contributed by atoms with van der Waals surface area (Å²) in [4.78, 5) is 27.0. The molecule has 3 atom stereocenters. The van der Waals surface area contributed by atoms with Crippen LogP contribution in [0.3, 0.4) is 0 Å². The highest BCUT2D eigenvalue weighted by atomic mass is 16.6. The van der Waals surface area contributed by atoms with E-state index in [-0.39, 0.29) is 17.9 Å². The lowest BCUT2D eigenvalue weighted by Crippen LogP contribution is -2.41. The van der Waals surface area contributed by atoms with Crippen LogP contribution in [0.4, 0.5) is 4.79 Å². The molecule has 1 heterocycles. The molecule has 0 aromatic heterocycles. The van der Waals surface area contributed by atoms with Crippen molar-refractivity contribution in [3.63, 3.8) is 0 Å². The molecule has 4 heteroatoms. The minimum absolute atomic E-state index is 0.150. The number of benzene rings is 1. The van der Waals surface area contributed by atoms with Crippen molar-refractivity contribution in [2.45, 2.75) is 84.3 Å². The summed E-state index contributed by atoms with van der Waals surface area (Å²) in [6.07, 6.45) is 32.1. The van der Waals surface area contributed by atoms with Crippen LogP contribution in [0, 0.1) is 5.92 Å². The van der Waals surface area contributed by atoms with Crippen molar-refractivity contribution in [3.05, 3.63) is 109 Å². The largest absolute Gasteiger partial charge is 0.439 e. The number of hydrogen-bond donors (Lipinski definition) is 0. The van der Waals surface area contributed by atoms with Gasteiger partial charge in [-0.25, -0.2) is 9.69 Å². The van der Waals surface area contributed by atoms with E-state index >= 15 is 0 Å². The maximum atomic E-state index is 13.1. The zero-order chi connectivity index (χ0) is 27.4. The standard InChI is InChI=1S/C34H45NO3/c1-4-6-7-8-9-10-11-12-13-14-15-16-17-18-19-20-21-23-26-30(5-2)33(36)35-29(3)32(38-34(35)37)31-27-24-22-25-28-31/h6-7,9-10,12-13,15-16,18-19,21-25,27-30,32H,4-5,8,11,14,17,20,26H2,1-3H3/t29-,30+,32?/m0/s1. The molecule has 0 spiro atoms. The lowest BCUT2D eigenvalue weighted by molar-refractivity contribution is -0.133. The Labute approximate surface area is 230 Å². The van der Waals surface area contributed by atoms with E-state index in [9.17, 15) is 9.59 Å². The van der Waals surface area contributed by atoms with Crippen LogP contribution in [0.2, 0.25) is 0 Å². The molecule has 0 aliphatic carbocycles. The Morgan fingerprint density at radius 2 is 1.26 bits per heavy atom. The van der Waals surface area contributed by atoms with Gasteiger partial charge < -0.3 is 4.74 Å². The fourth-order valence-electron chi connectivity index (χ4n) is 4.27. The van der Waals surface area contributed by atoms with Gasteiger partial charge in [-0.1, -0.05) is 117 Å². The molecule has 1 aliphatic heterocycles. The van der Waals surface area contributed by atoms with E-state index in [2.05, 4.69) is 73.8 Å². The SMILES string of the molecule is CCC=CCC=CCC=CCC=CCC=CCC=CC[C@@H](CC)C(=O)N1C(=O)OC(c2ccccc2)[C@@H]1C. The summed E-state index contributed by atoms with van der Waals surface area (Å²) in [5, 5.41) is 0. The highest BCUT2D eigenvalue weighted by molar-refractivity contribution is 5.95. The molecule has 0 radical (unpaired) electrons. The predicted octanol–water partition coefficient (Wildman–Crippen LogP) is 9.21. The van der Waals surface area contributed by atoms with Crippen molar-refractivity contribution in [2.24, 2.45) is 5.92 Å². The normalized spacial score (nSPS) is 19.3. The molecule has 1 unspecified atom stereocenters. The first-order chi connectivity index (χ1) is 18.6. The number of imide groups is 1. The molecule has 4 nitrogen and oxygen atoms in total. The number of allylic oxidation sites excluding steroid dienone is 12. The van der Waals surface area contributed by atoms with Gasteiger partial charge in [0.2, 0.25) is 5.91 Å². The van der Waals surface area contributed by atoms with Crippen molar-refractivity contribution < 1.29 is 14.3 Å². The Kier molecular flexibility index (Phi) is 15.2. The fourth-order valence-corrected chi connectivity index (χ4v) is 4.27. The monoisotopic (exact) mass is 515 g/mol. The quantitative estimate of drug-likeness (QED) is 0.206. The summed E-state index contributed by atoms with van der Waals surface area (Å²) < 4.78 is 5.56. The third-order valence-electron chi connectivity index (χ3n) is 6.49. The number of carbonyl (C=O) groups is 2. The minimum Gasteiger partial charge on any atom is -0.439 e. The summed E-state index contributed by atoms with van der Waals surface area (Å²) in [7, 11) is 0. The molecular weight excluding hydrogens is 470 g/mol. The fraction of sp³-hybridized carbons (Fsp3) is 0.412. The smallest absolute Gasteiger partial charge is 0.417 e. The van der Waals surface area contributed by atoms with Crippen molar-refractivity contribution >= 4 is 12.0 Å². The lowest BCUT2D eigenvalue weighted by atomic mass is 9.98. The van der Waals surface area contributed by atoms with Crippen molar-refractivity contribution in [1.29, 1.82) is 0 Å². The predicted molar refractivity (Wildman–Crippen MR) is 159 cm³/mol. The van der Waals surface area contributed by atoms with Crippen LogP contribution in [0.15, 0.2) is 103 Å². The first kappa shape index (κ1) is 30.8. The topological polar surface area (TPSA) is 46.6 Å². The van der Waals surface area contributed by atoms with E-state index in [4.69, 9.17) is 4.74 Å². The third kappa shape index (κ3) is 10.9. The molecule has 2 amide bonds. The Morgan fingerprint density at radius 1 is 0.789 bits per heavy atom. The second-order valence-electron chi connectivity index (χ2n) is 9.42. The van der Waals surface area contributed by atoms with Crippen LogP contribution in [0.5, 0.6) is 0 Å². The zero-order valence-electron chi connectivity index (χ0n) is 23.4. The van der Waals surface area contributed by atoms with Crippen molar-refractivity contribution in [3.8, 4) is 0 Å². The first-order valence-corrected chi connectivity index (χ1v) is 14.1. The van der Waals surface area contributed by atoms with Gasteiger partial charge in [0.25, 0.3) is 0 Å². The number of nitrogens with zero attached hydrogens (tertiary/aromatic N) is 1. The molecular formula is C34H45NO3. The lowest BCUT2D eigenvalue weighted by Gasteiger charge is -2.23. The number of cyclic esters (lactones) is 1. The number of rotatable bonds is 16. The molecule has 0 bridgehead atoms. The molecule has 0 saturated carbocycles. The average Bonchev–Trinajstić information content (AvgIpc) is 3.23. The molecule has 0 N–H and O–H groups in total. The molecule has 1 aromatic rings. The number of hydrogen-bond acceptors (Lipinski definition) is 3. The van der Waals surface area contributed by atoms with Gasteiger partial charge in [0.05, 0.1) is 6.04 Å². The Bertz CT molecular complexity index is 1000. The van der Waals surface area contributed by atoms with Gasteiger partial charge in [-0.15, -0.1) is 0 Å². The summed E-state index contributed by atoms with van der Waals surface area (Å²) >= 11 is 0. The molecule has 1 fully saturated rings. The highest BCUT2D eigenvalue weighted by Crippen LogP contribution is 2.34. The Hall–Kier alpha value is -3.40. The molecule has 2 rings (SSSR count). The van der Waals surface area contributed by atoms with Gasteiger partial charge in [0.15, 0.2) is 0 Å². The van der Waals surface area contributed by atoms with Crippen LogP contribution in [-0.4, -0.2) is 22.9 Å². The van der Waals surface area contributed by atoms with Gasteiger partial charge in [-0.2, -0.15) is 0 Å². The van der Waals surface area contributed by atoms with Crippen LogP contribution >= 0.6 is 0 Å². The van der Waals surface area contributed by atoms with Crippen molar-refractivity contribution in [1.82, 2.24) is 4.90 Å². The van der Waals surface area contributed by atoms with E-state index < -0.39 is 12.2 Å². The molecule has 204 valence electrons. The van der Waals surface area contributed by atoms with Crippen molar-refractivity contribution in [2.75, 3.05) is 0 Å². The van der Waals surface area contributed by atoms with Crippen LogP contribution in [0.25, 0.3) is 0 Å². The summed E-state index contributed by atoms with van der Waals surface area (Å²) in [5.74, 6) is -0.382. The Balaban J connectivity index is 1.66. The van der Waals surface area contributed by atoms with Gasteiger partial charge in [0, 0.05) is 5.92 Å². The van der Waals surface area contributed by atoms with Gasteiger partial charge in [-0.05, 0) is 63.9 Å². The third-order valence-corrected chi connectivity index (χ3v) is 6.49. The minimum atomic E-state index is -0.544. The van der Waals surface area contributed by atoms with E-state index in [1.807, 2.05) is 50.3 Å². The van der Waals surface area contributed by atoms with Crippen LogP contribution < -0.4 is 0 Å². The molecule has 1 saturated heterocycles. The summed E-state index contributed by atoms with van der Waals surface area (Å²) in [6, 6.07) is 9.28. The number of amides is 2. The summed E-state index contributed by atoms with van der Waals surface area (Å²) in [5.41, 5.74) is 0.911.